The third-order valence-corrected chi connectivity index (χ3v) is 4.96. The fourth-order valence-electron chi connectivity index (χ4n) is 1.48. The van der Waals surface area contributed by atoms with Crippen molar-refractivity contribution in [2.75, 3.05) is 12.3 Å². The van der Waals surface area contributed by atoms with Crippen molar-refractivity contribution in [3.63, 3.8) is 0 Å². The van der Waals surface area contributed by atoms with Crippen LogP contribution in [0, 0.1) is 5.82 Å². The van der Waals surface area contributed by atoms with Gasteiger partial charge < -0.3 is 5.32 Å². The van der Waals surface area contributed by atoms with Crippen molar-refractivity contribution in [2.45, 2.75) is 10.8 Å². The molecule has 0 fully saturated rings. The van der Waals surface area contributed by atoms with E-state index in [-0.39, 0.29) is 11.5 Å². The van der Waals surface area contributed by atoms with Gasteiger partial charge in [-0.05, 0) is 24.6 Å². The highest BCUT2D eigenvalue weighted by Gasteiger charge is 2.11. The van der Waals surface area contributed by atoms with E-state index in [1.165, 1.54) is 12.1 Å². The summed E-state index contributed by atoms with van der Waals surface area (Å²) in [5.74, 6) is -0.0275. The summed E-state index contributed by atoms with van der Waals surface area (Å²) >= 11 is 6.48. The zero-order chi connectivity index (χ0) is 14.4. The molecule has 0 unspecified atom stereocenters. The lowest BCUT2D eigenvalue weighted by atomic mass is 10.2. The summed E-state index contributed by atoms with van der Waals surface area (Å²) in [5.41, 5.74) is 0.0620. The van der Waals surface area contributed by atoms with E-state index in [0.29, 0.717) is 11.0 Å². The number of nitrogens with zero attached hydrogens (tertiary/aromatic N) is 1. The molecule has 1 N–H and O–H groups in total. The molecule has 2 rings (SSSR count). The van der Waals surface area contributed by atoms with Crippen molar-refractivity contribution in [3.05, 3.63) is 45.6 Å². The van der Waals surface area contributed by atoms with Gasteiger partial charge in [0.1, 0.15) is 10.2 Å². The molecule has 0 aliphatic heterocycles. The summed E-state index contributed by atoms with van der Waals surface area (Å²) < 4.78 is 15.2. The van der Waals surface area contributed by atoms with Crippen molar-refractivity contribution >= 4 is 44.9 Å². The van der Waals surface area contributed by atoms with Crippen LogP contribution < -0.4 is 5.32 Å². The van der Waals surface area contributed by atoms with Crippen LogP contribution in [-0.4, -0.2) is 23.2 Å². The van der Waals surface area contributed by atoms with Gasteiger partial charge in [-0.3, -0.25) is 4.79 Å². The first kappa shape index (κ1) is 15.5. The van der Waals surface area contributed by atoms with Gasteiger partial charge in [0.2, 0.25) is 0 Å². The molecule has 1 aromatic heterocycles. The summed E-state index contributed by atoms with van der Waals surface area (Å²) in [6.07, 6.45) is 2.58. The maximum absolute atomic E-state index is 13.5. The number of halogens is 2. The van der Waals surface area contributed by atoms with Gasteiger partial charge in [-0.1, -0.05) is 27.7 Å². The minimum absolute atomic E-state index is 0.0620. The Balaban J connectivity index is 1.73. The maximum atomic E-state index is 13.5. The normalized spacial score (nSPS) is 10.5. The summed E-state index contributed by atoms with van der Waals surface area (Å²) in [5, 5.41) is 4.65. The maximum Gasteiger partial charge on any atom is 0.254 e. The van der Waals surface area contributed by atoms with Crippen LogP contribution in [0.4, 0.5) is 4.39 Å². The molecule has 0 spiro atoms. The molecule has 7 heteroatoms. The molecule has 20 heavy (non-hydrogen) atoms. The molecular formula is C13H12BrFN2OS2. The smallest absolute Gasteiger partial charge is 0.254 e. The molecule has 0 radical (unpaired) electrons. The second kappa shape index (κ2) is 7.75. The Morgan fingerprint density at radius 2 is 2.35 bits per heavy atom. The molecule has 0 aliphatic carbocycles. The number of carbonyl (C=O) groups excluding carboxylic acids is 1. The number of thioether (sulfide) groups is 1. The number of amides is 1. The number of rotatable bonds is 6. The molecule has 0 saturated carbocycles. The molecule has 0 saturated heterocycles. The largest absolute Gasteiger partial charge is 0.352 e. The Hall–Kier alpha value is -0.920. The van der Waals surface area contributed by atoms with Crippen LogP contribution in [0.2, 0.25) is 0 Å². The SMILES string of the molecule is O=C(NCCCSc1nccs1)c1cc(Br)ccc1F. The number of hydrogen-bond acceptors (Lipinski definition) is 4. The minimum atomic E-state index is -0.511. The quantitative estimate of drug-likeness (QED) is 0.614. The van der Waals surface area contributed by atoms with Gasteiger partial charge in [0.05, 0.1) is 5.56 Å². The van der Waals surface area contributed by atoms with Gasteiger partial charge in [-0.15, -0.1) is 11.3 Å². The van der Waals surface area contributed by atoms with Crippen LogP contribution in [-0.2, 0) is 0 Å². The van der Waals surface area contributed by atoms with Gasteiger partial charge in [0.25, 0.3) is 5.91 Å². The summed E-state index contributed by atoms with van der Waals surface area (Å²) in [4.78, 5) is 16.0. The fourth-order valence-corrected chi connectivity index (χ4v) is 3.49. The summed E-state index contributed by atoms with van der Waals surface area (Å²) in [7, 11) is 0. The number of carbonyl (C=O) groups is 1. The fraction of sp³-hybridized carbons (Fsp3) is 0.231. The Kier molecular flexibility index (Phi) is 6.00. The Labute approximate surface area is 133 Å². The van der Waals surface area contributed by atoms with Gasteiger partial charge >= 0.3 is 0 Å². The molecule has 1 aromatic carbocycles. The Morgan fingerprint density at radius 3 is 3.10 bits per heavy atom. The van der Waals surface area contributed by atoms with Crippen LogP contribution in [0.3, 0.4) is 0 Å². The minimum Gasteiger partial charge on any atom is -0.352 e. The monoisotopic (exact) mass is 374 g/mol. The zero-order valence-electron chi connectivity index (χ0n) is 10.4. The van der Waals surface area contributed by atoms with Crippen molar-refractivity contribution < 1.29 is 9.18 Å². The van der Waals surface area contributed by atoms with Crippen LogP contribution in [0.1, 0.15) is 16.8 Å². The zero-order valence-corrected chi connectivity index (χ0v) is 13.7. The topological polar surface area (TPSA) is 42.0 Å². The number of nitrogens with one attached hydrogen (secondary N) is 1. The molecular weight excluding hydrogens is 363 g/mol. The van der Waals surface area contributed by atoms with Crippen LogP contribution in [0.15, 0.2) is 38.6 Å². The highest BCUT2D eigenvalue weighted by Crippen LogP contribution is 2.20. The standard InChI is InChI=1S/C13H12BrFN2OS2/c14-9-2-3-11(15)10(8-9)12(18)16-4-1-6-19-13-17-5-7-20-13/h2-3,5,7-8H,1,4,6H2,(H,16,18). The molecule has 106 valence electrons. The number of aromatic nitrogens is 1. The van der Waals surface area contributed by atoms with Crippen molar-refractivity contribution in [1.29, 1.82) is 0 Å². The molecule has 1 amide bonds. The first-order valence-electron chi connectivity index (χ1n) is 5.92. The second-order valence-corrected chi connectivity index (χ2v) is 7.03. The molecule has 1 heterocycles. The lowest BCUT2D eigenvalue weighted by Gasteiger charge is -2.06. The molecule has 2 aromatic rings. The third-order valence-electron chi connectivity index (χ3n) is 2.41. The number of hydrogen-bond donors (Lipinski definition) is 1. The average Bonchev–Trinajstić information content (AvgIpc) is 2.94. The number of benzene rings is 1. The molecule has 0 aliphatic rings. The summed E-state index contributed by atoms with van der Waals surface area (Å²) in [6.45, 7) is 0.517. The van der Waals surface area contributed by atoms with Crippen LogP contribution >= 0.6 is 39.0 Å². The van der Waals surface area contributed by atoms with E-state index < -0.39 is 5.82 Å². The van der Waals surface area contributed by atoms with Gasteiger partial charge in [0.15, 0.2) is 0 Å². The van der Waals surface area contributed by atoms with Gasteiger partial charge in [-0.25, -0.2) is 9.37 Å². The number of thiazole rings is 1. The van der Waals surface area contributed by atoms with Crippen LogP contribution in [0.5, 0.6) is 0 Å². The lowest BCUT2D eigenvalue weighted by Crippen LogP contribution is -2.25. The predicted octanol–water partition coefficient (Wildman–Crippen LogP) is 3.96. The average molecular weight is 375 g/mol. The van der Waals surface area contributed by atoms with Crippen molar-refractivity contribution in [3.8, 4) is 0 Å². The predicted molar refractivity (Wildman–Crippen MR) is 83.9 cm³/mol. The highest BCUT2D eigenvalue weighted by atomic mass is 79.9. The van der Waals surface area contributed by atoms with E-state index in [1.807, 2.05) is 5.38 Å². The highest BCUT2D eigenvalue weighted by molar-refractivity contribution is 9.10. The Morgan fingerprint density at radius 1 is 1.50 bits per heavy atom. The van der Waals surface area contributed by atoms with Gasteiger partial charge in [0, 0.05) is 28.3 Å². The molecule has 3 nitrogen and oxygen atoms in total. The van der Waals surface area contributed by atoms with Gasteiger partial charge in [-0.2, -0.15) is 0 Å². The van der Waals surface area contributed by atoms with Crippen molar-refractivity contribution in [1.82, 2.24) is 10.3 Å². The van der Waals surface area contributed by atoms with E-state index in [1.54, 1.807) is 35.4 Å². The van der Waals surface area contributed by atoms with E-state index in [0.717, 1.165) is 16.5 Å². The first-order chi connectivity index (χ1) is 9.66. The van der Waals surface area contributed by atoms with E-state index in [4.69, 9.17) is 0 Å². The molecule has 0 atom stereocenters. The lowest BCUT2D eigenvalue weighted by molar-refractivity contribution is 0.0949. The third kappa shape index (κ3) is 4.57. The van der Waals surface area contributed by atoms with Crippen molar-refractivity contribution in [2.24, 2.45) is 0 Å². The van der Waals surface area contributed by atoms with Crippen LogP contribution in [0.25, 0.3) is 0 Å². The second-order valence-electron chi connectivity index (χ2n) is 3.88. The molecule has 0 bridgehead atoms. The Bertz CT molecular complexity index is 578. The van der Waals surface area contributed by atoms with E-state index in [2.05, 4.69) is 26.2 Å². The summed E-state index contributed by atoms with van der Waals surface area (Å²) in [6, 6.07) is 4.32. The van der Waals surface area contributed by atoms with E-state index >= 15 is 0 Å². The first-order valence-corrected chi connectivity index (χ1v) is 8.58. The van der Waals surface area contributed by atoms with E-state index in [9.17, 15) is 9.18 Å².